The highest BCUT2D eigenvalue weighted by Gasteiger charge is 2.57. The van der Waals surface area contributed by atoms with Gasteiger partial charge in [0.05, 0.1) is 30.4 Å². The van der Waals surface area contributed by atoms with Crippen molar-refractivity contribution < 1.29 is 9.53 Å². The average Bonchev–Trinajstić information content (AvgIpc) is 3.44. The minimum absolute atomic E-state index is 0.293. The van der Waals surface area contributed by atoms with Crippen LogP contribution in [-0.4, -0.2) is 80.4 Å². The Morgan fingerprint density at radius 3 is 2.68 bits per heavy atom. The van der Waals surface area contributed by atoms with Crippen LogP contribution in [0.25, 0.3) is 27.8 Å². The molecule has 0 unspecified atom stereocenters. The summed E-state index contributed by atoms with van der Waals surface area (Å²) in [6.45, 7) is 5.79. The number of hydrogen-bond acceptors (Lipinski definition) is 9. The number of nitrogens with zero attached hydrogens (tertiary/aromatic N) is 8. The van der Waals surface area contributed by atoms with Gasteiger partial charge in [0.25, 0.3) is 0 Å². The smallest absolute Gasteiger partial charge is 0.247 e. The van der Waals surface area contributed by atoms with Crippen LogP contribution in [-0.2, 0) is 11.8 Å². The quantitative estimate of drug-likeness (QED) is 0.245. The number of nitrogens with one attached hydrogen (secondary N) is 2. The van der Waals surface area contributed by atoms with E-state index in [0.717, 1.165) is 35.2 Å². The first-order valence-corrected chi connectivity index (χ1v) is 14.5. The minimum Gasteiger partial charge on any atom is -0.494 e. The number of aryl methyl sites for hydroxylation is 1. The molecule has 0 bridgehead atoms. The third-order valence-corrected chi connectivity index (χ3v) is 8.75. The van der Waals surface area contributed by atoms with E-state index in [1.165, 1.54) is 12.4 Å². The predicted octanol–water partition coefficient (Wildman–Crippen LogP) is 4.09. The summed E-state index contributed by atoms with van der Waals surface area (Å²) in [6.07, 6.45) is 8.15. The number of anilines is 4. The Morgan fingerprint density at radius 2 is 1.95 bits per heavy atom. The van der Waals surface area contributed by atoms with Crippen molar-refractivity contribution in [2.24, 2.45) is 18.9 Å². The van der Waals surface area contributed by atoms with E-state index < -0.39 is 0 Å². The maximum absolute atomic E-state index is 12.5. The van der Waals surface area contributed by atoms with E-state index in [0.29, 0.717) is 52.3 Å². The maximum Gasteiger partial charge on any atom is 0.247 e. The number of rotatable bonds is 9. The first-order valence-electron chi connectivity index (χ1n) is 14.5. The minimum atomic E-state index is -0.293. The molecule has 0 radical (unpaired) electrons. The van der Waals surface area contributed by atoms with Gasteiger partial charge in [0.2, 0.25) is 11.9 Å². The maximum atomic E-state index is 12.5. The fourth-order valence-corrected chi connectivity index (χ4v) is 6.64. The molecule has 0 spiro atoms. The molecule has 44 heavy (non-hydrogen) atoms. The standard InChI is InChI=1S/C32H34N10O2/c1-6-29(43)36-23-11-24(28(44-5)12-26(23)41(4)31-21-14-39(2)15-22(21)31)37-32-34-13-27(42-18-33-17-35-42)30(38-32)20-16-40(3)25-10-8-7-9-19(20)25/h6-13,16-18,21-22,31H,1,14-15H2,2-5H3,(H,36,43)(H,34,37,38)/t21-,22+,31+. The summed E-state index contributed by atoms with van der Waals surface area (Å²) in [5.74, 6) is 1.89. The van der Waals surface area contributed by atoms with Crippen LogP contribution < -0.4 is 20.3 Å². The van der Waals surface area contributed by atoms with Crippen LogP contribution in [0.1, 0.15) is 0 Å². The van der Waals surface area contributed by atoms with Crippen LogP contribution >= 0.6 is 0 Å². The second-order valence-electron chi connectivity index (χ2n) is 11.5. The zero-order chi connectivity index (χ0) is 30.5. The van der Waals surface area contributed by atoms with Crippen LogP contribution in [0.15, 0.2) is 74.1 Å². The molecular weight excluding hydrogens is 556 g/mol. The molecule has 224 valence electrons. The monoisotopic (exact) mass is 590 g/mol. The van der Waals surface area contributed by atoms with Crippen molar-refractivity contribution in [2.75, 3.05) is 49.8 Å². The molecule has 3 atom stereocenters. The molecule has 2 aromatic carbocycles. The summed E-state index contributed by atoms with van der Waals surface area (Å²) in [6, 6.07) is 12.4. The van der Waals surface area contributed by atoms with Crippen molar-refractivity contribution in [1.82, 2.24) is 34.2 Å². The molecule has 1 aliphatic carbocycles. The van der Waals surface area contributed by atoms with E-state index in [4.69, 9.17) is 9.72 Å². The highest BCUT2D eigenvalue weighted by atomic mass is 16.5. The summed E-state index contributed by atoms with van der Waals surface area (Å²) in [5.41, 5.74) is 5.52. The summed E-state index contributed by atoms with van der Waals surface area (Å²) >= 11 is 0. The van der Waals surface area contributed by atoms with Gasteiger partial charge in [0, 0.05) is 62.0 Å². The summed E-state index contributed by atoms with van der Waals surface area (Å²) in [5, 5.41) is 11.7. The Labute approximate surface area is 255 Å². The van der Waals surface area contributed by atoms with Gasteiger partial charge in [-0.05, 0) is 37.1 Å². The number of carbonyl (C=O) groups is 1. The fraction of sp³-hybridized carbons (Fsp3) is 0.281. The van der Waals surface area contributed by atoms with Crippen molar-refractivity contribution >= 4 is 39.8 Å². The van der Waals surface area contributed by atoms with Crippen molar-refractivity contribution in [3.05, 3.63) is 74.1 Å². The van der Waals surface area contributed by atoms with E-state index in [9.17, 15) is 4.79 Å². The SMILES string of the molecule is C=CC(=O)Nc1cc(Nc2ncc(-n3cncn3)c(-c3cn(C)c4ccccc34)n2)c(OC)cc1N(C)[C@H]1[C@@H]2CN(C)C[C@@H]21. The first-order chi connectivity index (χ1) is 21.4. The summed E-state index contributed by atoms with van der Waals surface area (Å²) < 4.78 is 9.58. The number of methoxy groups -OCH3 is 1. The van der Waals surface area contributed by atoms with E-state index in [1.807, 2.05) is 31.3 Å². The van der Waals surface area contributed by atoms with Gasteiger partial charge in [0.1, 0.15) is 29.8 Å². The fourth-order valence-electron chi connectivity index (χ4n) is 6.64. The van der Waals surface area contributed by atoms with Gasteiger partial charge in [-0.25, -0.2) is 19.6 Å². The van der Waals surface area contributed by atoms with Gasteiger partial charge in [-0.2, -0.15) is 5.10 Å². The lowest BCUT2D eigenvalue weighted by molar-refractivity contribution is -0.111. The normalized spacial score (nSPS) is 19.0. The lowest BCUT2D eigenvalue weighted by atomic mass is 10.1. The summed E-state index contributed by atoms with van der Waals surface area (Å²) in [7, 11) is 7.88. The number of ether oxygens (including phenoxy) is 1. The number of likely N-dealkylation sites (tertiary alicyclic amines) is 1. The topological polar surface area (TPSA) is 118 Å². The second kappa shape index (κ2) is 10.8. The summed E-state index contributed by atoms with van der Waals surface area (Å²) in [4.78, 5) is 30.9. The van der Waals surface area contributed by atoms with Crippen LogP contribution in [0.2, 0.25) is 0 Å². The van der Waals surface area contributed by atoms with Crippen LogP contribution in [0, 0.1) is 11.8 Å². The third-order valence-electron chi connectivity index (χ3n) is 8.75. The molecule has 12 heteroatoms. The molecule has 1 saturated heterocycles. The lowest BCUT2D eigenvalue weighted by Crippen LogP contribution is -2.31. The Kier molecular flexibility index (Phi) is 6.77. The molecular formula is C32H34N10O2. The van der Waals surface area contributed by atoms with E-state index in [-0.39, 0.29) is 5.91 Å². The number of amides is 1. The highest BCUT2D eigenvalue weighted by Crippen LogP contribution is 2.51. The molecule has 3 aromatic heterocycles. The Morgan fingerprint density at radius 1 is 1.16 bits per heavy atom. The molecule has 5 aromatic rings. The van der Waals surface area contributed by atoms with Crippen molar-refractivity contribution in [2.45, 2.75) is 6.04 Å². The molecule has 2 fully saturated rings. The van der Waals surface area contributed by atoms with Crippen LogP contribution in [0.3, 0.4) is 0 Å². The zero-order valence-electron chi connectivity index (χ0n) is 25.1. The second-order valence-corrected chi connectivity index (χ2v) is 11.5. The Balaban J connectivity index is 1.29. The van der Waals surface area contributed by atoms with Crippen molar-refractivity contribution in [3.63, 3.8) is 0 Å². The zero-order valence-corrected chi connectivity index (χ0v) is 25.1. The number of aromatic nitrogens is 6. The van der Waals surface area contributed by atoms with E-state index in [1.54, 1.807) is 24.3 Å². The predicted molar refractivity (Wildman–Crippen MR) is 171 cm³/mol. The molecule has 2 N–H and O–H groups in total. The molecule has 7 rings (SSSR count). The van der Waals surface area contributed by atoms with Crippen LogP contribution in [0.5, 0.6) is 5.75 Å². The molecule has 12 nitrogen and oxygen atoms in total. The molecule has 4 heterocycles. The van der Waals surface area contributed by atoms with Gasteiger partial charge >= 0.3 is 0 Å². The number of hydrogen-bond donors (Lipinski definition) is 2. The van der Waals surface area contributed by atoms with Gasteiger partial charge < -0.3 is 29.7 Å². The Hall–Kier alpha value is -5.23. The van der Waals surface area contributed by atoms with Crippen LogP contribution in [0.4, 0.5) is 23.0 Å². The van der Waals surface area contributed by atoms with E-state index >= 15 is 0 Å². The molecule has 2 aliphatic rings. The number of piperidine rings is 1. The van der Waals surface area contributed by atoms with Crippen molar-refractivity contribution in [1.29, 1.82) is 0 Å². The lowest BCUT2D eigenvalue weighted by Gasteiger charge is -2.27. The molecule has 1 saturated carbocycles. The van der Waals surface area contributed by atoms with E-state index in [2.05, 4.69) is 79.1 Å². The number of fused-ring (bicyclic) bond motifs is 2. The third kappa shape index (κ3) is 4.73. The van der Waals surface area contributed by atoms with Gasteiger partial charge in [0.15, 0.2) is 0 Å². The van der Waals surface area contributed by atoms with Gasteiger partial charge in [-0.1, -0.05) is 24.8 Å². The number of carbonyl (C=O) groups excluding carboxylic acids is 1. The number of para-hydroxylation sites is 1. The highest BCUT2D eigenvalue weighted by molar-refractivity contribution is 6.02. The van der Waals surface area contributed by atoms with Crippen molar-refractivity contribution in [3.8, 4) is 22.7 Å². The Bertz CT molecular complexity index is 1870. The average molecular weight is 591 g/mol. The van der Waals surface area contributed by atoms with Gasteiger partial charge in [-0.15, -0.1) is 0 Å². The van der Waals surface area contributed by atoms with Gasteiger partial charge in [-0.3, -0.25) is 4.79 Å². The number of benzene rings is 2. The first kappa shape index (κ1) is 27.6. The molecule has 1 aliphatic heterocycles. The largest absolute Gasteiger partial charge is 0.494 e. The molecule has 1 amide bonds.